The van der Waals surface area contributed by atoms with E-state index in [1.165, 1.54) is 21.9 Å². The lowest BCUT2D eigenvalue weighted by atomic mass is 10.2. The fourth-order valence-corrected chi connectivity index (χ4v) is 3.95. The molecule has 0 bridgehead atoms. The summed E-state index contributed by atoms with van der Waals surface area (Å²) < 4.78 is 7.11. The lowest BCUT2D eigenvalue weighted by Crippen LogP contribution is -2.16. The molecule has 9 heteroatoms. The van der Waals surface area contributed by atoms with E-state index in [1.54, 1.807) is 48.5 Å². The van der Waals surface area contributed by atoms with E-state index in [0.29, 0.717) is 32.7 Å². The molecular formula is C22H19ClN4O3S. The van der Waals surface area contributed by atoms with Crippen molar-refractivity contribution >= 4 is 39.5 Å². The molecule has 7 nitrogen and oxygen atoms in total. The minimum absolute atomic E-state index is 0.117. The van der Waals surface area contributed by atoms with E-state index in [4.69, 9.17) is 16.3 Å². The van der Waals surface area contributed by atoms with Gasteiger partial charge in [-0.05, 0) is 30.3 Å². The molecule has 1 N–H and O–H groups in total. The minimum atomic E-state index is -0.272. The summed E-state index contributed by atoms with van der Waals surface area (Å²) in [6, 6.07) is 15.1. The average Bonchev–Trinajstić information content (AvgIpc) is 3.18. The minimum Gasteiger partial charge on any atom is -0.487 e. The maximum absolute atomic E-state index is 12.4. The van der Waals surface area contributed by atoms with Crippen molar-refractivity contribution in [1.29, 1.82) is 0 Å². The number of nitrogens with zero attached hydrogens (tertiary/aromatic N) is 3. The van der Waals surface area contributed by atoms with E-state index in [9.17, 15) is 9.59 Å². The fourth-order valence-electron chi connectivity index (χ4n) is 2.83. The molecule has 1 amide bonds. The van der Waals surface area contributed by atoms with E-state index in [1.807, 2.05) is 13.8 Å². The number of amides is 1. The number of carbonyl (C=O) groups is 1. The molecule has 2 aromatic heterocycles. The highest BCUT2D eigenvalue weighted by molar-refractivity contribution is 7.16. The summed E-state index contributed by atoms with van der Waals surface area (Å²) in [6.07, 6.45) is 0. The quantitative estimate of drug-likeness (QED) is 0.454. The summed E-state index contributed by atoms with van der Waals surface area (Å²) in [4.78, 5) is 29.8. The second kappa shape index (κ2) is 8.87. The molecule has 0 atom stereocenters. The first-order chi connectivity index (χ1) is 14.9. The van der Waals surface area contributed by atoms with Crippen LogP contribution in [0.4, 0.5) is 5.69 Å². The third kappa shape index (κ3) is 4.92. The van der Waals surface area contributed by atoms with Crippen LogP contribution >= 0.6 is 22.9 Å². The maximum atomic E-state index is 12.4. The SMILES string of the molecule is CC(C)c1nn2c(=O)cc(COc3cccc(NC(=O)c4cccc(Cl)c4)c3)nc2s1. The third-order valence-corrected chi connectivity index (χ3v) is 5.82. The van der Waals surface area contributed by atoms with Crippen LogP contribution < -0.4 is 15.6 Å². The Morgan fingerprint density at radius 2 is 2.00 bits per heavy atom. The predicted octanol–water partition coefficient (Wildman–Crippen LogP) is 4.76. The fraction of sp³-hybridized carbons (Fsp3) is 0.182. The van der Waals surface area contributed by atoms with Crippen LogP contribution in [0.25, 0.3) is 4.96 Å². The first kappa shape index (κ1) is 21.0. The zero-order chi connectivity index (χ0) is 22.0. The molecule has 0 aliphatic rings. The van der Waals surface area contributed by atoms with Crippen molar-refractivity contribution in [1.82, 2.24) is 14.6 Å². The van der Waals surface area contributed by atoms with Crippen molar-refractivity contribution in [3.63, 3.8) is 0 Å². The summed E-state index contributed by atoms with van der Waals surface area (Å²) >= 11 is 7.34. The number of carbonyl (C=O) groups excluding carboxylic acids is 1. The Labute approximate surface area is 187 Å². The summed E-state index contributed by atoms with van der Waals surface area (Å²) in [7, 11) is 0. The van der Waals surface area contributed by atoms with Gasteiger partial charge in [-0.2, -0.15) is 9.61 Å². The van der Waals surface area contributed by atoms with Gasteiger partial charge in [0.25, 0.3) is 11.5 Å². The number of halogens is 1. The Balaban J connectivity index is 1.47. The van der Waals surface area contributed by atoms with E-state index in [0.717, 1.165) is 5.01 Å². The number of anilines is 1. The summed E-state index contributed by atoms with van der Waals surface area (Å²) in [5, 5.41) is 8.47. The Morgan fingerprint density at radius 1 is 1.19 bits per heavy atom. The van der Waals surface area contributed by atoms with Gasteiger partial charge in [0.2, 0.25) is 4.96 Å². The van der Waals surface area contributed by atoms with E-state index in [-0.39, 0.29) is 24.0 Å². The highest BCUT2D eigenvalue weighted by atomic mass is 35.5. The van der Waals surface area contributed by atoms with Crippen molar-refractivity contribution < 1.29 is 9.53 Å². The van der Waals surface area contributed by atoms with Gasteiger partial charge in [-0.3, -0.25) is 9.59 Å². The van der Waals surface area contributed by atoms with Crippen molar-refractivity contribution in [3.8, 4) is 5.75 Å². The summed E-state index contributed by atoms with van der Waals surface area (Å²) in [5.74, 6) is 0.486. The molecule has 0 aliphatic heterocycles. The lowest BCUT2D eigenvalue weighted by Gasteiger charge is -2.09. The van der Waals surface area contributed by atoms with Crippen LogP contribution in [0.5, 0.6) is 5.75 Å². The van der Waals surface area contributed by atoms with Crippen LogP contribution in [0.1, 0.15) is 40.8 Å². The van der Waals surface area contributed by atoms with Crippen LogP contribution in [0.3, 0.4) is 0 Å². The largest absolute Gasteiger partial charge is 0.487 e. The van der Waals surface area contributed by atoms with Crippen LogP contribution in [0.15, 0.2) is 59.4 Å². The molecule has 31 heavy (non-hydrogen) atoms. The number of hydrogen-bond acceptors (Lipinski definition) is 6. The van der Waals surface area contributed by atoms with Crippen molar-refractivity contribution in [2.75, 3.05) is 5.32 Å². The molecule has 4 rings (SSSR count). The smallest absolute Gasteiger partial charge is 0.275 e. The van der Waals surface area contributed by atoms with E-state index < -0.39 is 0 Å². The van der Waals surface area contributed by atoms with Crippen molar-refractivity contribution in [2.45, 2.75) is 26.4 Å². The van der Waals surface area contributed by atoms with Gasteiger partial charge in [-0.15, -0.1) is 0 Å². The number of hydrogen-bond donors (Lipinski definition) is 1. The number of benzene rings is 2. The molecule has 158 valence electrons. The molecule has 4 aromatic rings. The van der Waals surface area contributed by atoms with Gasteiger partial charge in [0.1, 0.15) is 17.4 Å². The molecule has 0 saturated carbocycles. The van der Waals surface area contributed by atoms with E-state index in [2.05, 4.69) is 15.4 Å². The van der Waals surface area contributed by atoms with Crippen molar-refractivity contribution in [2.24, 2.45) is 0 Å². The summed E-state index contributed by atoms with van der Waals surface area (Å²) in [5.41, 5.74) is 1.31. The van der Waals surface area contributed by atoms with Crippen LogP contribution in [-0.2, 0) is 6.61 Å². The van der Waals surface area contributed by atoms with Gasteiger partial charge in [0, 0.05) is 34.3 Å². The number of rotatable bonds is 6. The zero-order valence-corrected chi connectivity index (χ0v) is 18.4. The van der Waals surface area contributed by atoms with Crippen LogP contribution in [-0.4, -0.2) is 20.5 Å². The molecule has 0 fully saturated rings. The van der Waals surface area contributed by atoms with Crippen LogP contribution in [0.2, 0.25) is 5.02 Å². The standard InChI is InChI=1S/C22H19ClN4O3S/c1-13(2)21-26-27-19(28)11-17(25-22(27)31-21)12-30-18-8-4-7-16(10-18)24-20(29)14-5-3-6-15(23)9-14/h3-11,13H,12H2,1-2H3,(H,24,29). The second-order valence-electron chi connectivity index (χ2n) is 7.16. The molecule has 0 aliphatic carbocycles. The Hall–Kier alpha value is -3.23. The topological polar surface area (TPSA) is 85.6 Å². The van der Waals surface area contributed by atoms with Gasteiger partial charge in [0.15, 0.2) is 0 Å². The molecule has 2 aromatic carbocycles. The van der Waals surface area contributed by atoms with Gasteiger partial charge >= 0.3 is 0 Å². The molecule has 0 spiro atoms. The van der Waals surface area contributed by atoms with Crippen molar-refractivity contribution in [3.05, 3.63) is 86.2 Å². The van der Waals surface area contributed by atoms with Gasteiger partial charge in [-0.1, -0.05) is 48.9 Å². The molecule has 0 unspecified atom stereocenters. The monoisotopic (exact) mass is 454 g/mol. The van der Waals surface area contributed by atoms with Crippen LogP contribution in [0, 0.1) is 0 Å². The average molecular weight is 455 g/mol. The highest BCUT2D eigenvalue weighted by Crippen LogP contribution is 2.22. The first-order valence-electron chi connectivity index (χ1n) is 9.58. The third-order valence-electron chi connectivity index (χ3n) is 4.37. The molecular weight excluding hydrogens is 436 g/mol. The van der Waals surface area contributed by atoms with Gasteiger partial charge < -0.3 is 10.1 Å². The molecule has 2 heterocycles. The molecule has 0 saturated heterocycles. The normalized spacial score (nSPS) is 11.1. The Kier molecular flexibility index (Phi) is 6.01. The van der Waals surface area contributed by atoms with Gasteiger partial charge in [0.05, 0.1) is 5.69 Å². The second-order valence-corrected chi connectivity index (χ2v) is 8.58. The zero-order valence-electron chi connectivity index (χ0n) is 16.8. The number of aromatic nitrogens is 3. The maximum Gasteiger partial charge on any atom is 0.275 e. The highest BCUT2D eigenvalue weighted by Gasteiger charge is 2.12. The predicted molar refractivity (Wildman–Crippen MR) is 121 cm³/mol. The number of nitrogens with one attached hydrogen (secondary N) is 1. The van der Waals surface area contributed by atoms with E-state index >= 15 is 0 Å². The summed E-state index contributed by atoms with van der Waals surface area (Å²) in [6.45, 7) is 4.15. The lowest BCUT2D eigenvalue weighted by molar-refractivity contribution is 0.102. The molecule has 0 radical (unpaired) electrons. The van der Waals surface area contributed by atoms with Gasteiger partial charge in [-0.25, -0.2) is 4.98 Å². The Bertz CT molecular complexity index is 1320. The number of fused-ring (bicyclic) bond motifs is 1. The number of ether oxygens (including phenoxy) is 1. The first-order valence-corrected chi connectivity index (χ1v) is 10.8. The Morgan fingerprint density at radius 3 is 2.77 bits per heavy atom.